The van der Waals surface area contributed by atoms with Crippen LogP contribution in [0.2, 0.25) is 0 Å². The van der Waals surface area contributed by atoms with Crippen molar-refractivity contribution in [3.05, 3.63) is 119 Å². The lowest BCUT2D eigenvalue weighted by Gasteiger charge is -2.16. The minimum atomic E-state index is -0.891. The van der Waals surface area contributed by atoms with Gasteiger partial charge in [-0.2, -0.15) is 0 Å². The van der Waals surface area contributed by atoms with Gasteiger partial charge in [-0.25, -0.2) is 4.79 Å². The Labute approximate surface area is 170 Å². The average molecular weight is 376 g/mol. The van der Waals surface area contributed by atoms with Crippen LogP contribution in [0.3, 0.4) is 0 Å². The van der Waals surface area contributed by atoms with Crippen molar-refractivity contribution in [1.29, 1.82) is 0 Å². The molecule has 5 rings (SSSR count). The highest BCUT2D eigenvalue weighted by Gasteiger charge is 2.25. The van der Waals surface area contributed by atoms with Gasteiger partial charge in [0.15, 0.2) is 0 Å². The highest BCUT2D eigenvalue weighted by atomic mass is 16.4. The molecule has 0 heterocycles. The Bertz CT molecular complexity index is 1220. The molecule has 0 saturated heterocycles. The second-order valence-electron chi connectivity index (χ2n) is 7.47. The second kappa shape index (κ2) is 7.06. The van der Waals surface area contributed by atoms with Gasteiger partial charge >= 0.3 is 5.97 Å². The Balaban J connectivity index is 1.73. The van der Waals surface area contributed by atoms with Crippen molar-refractivity contribution in [3.8, 4) is 22.3 Å². The number of carboxylic acid groups (broad SMARTS) is 1. The molecule has 0 amide bonds. The summed E-state index contributed by atoms with van der Waals surface area (Å²) in [5.74, 6) is -0.891. The fraction of sp³-hybridized carbons (Fsp3) is 0.0741. The zero-order valence-electron chi connectivity index (χ0n) is 15.9. The molecule has 1 aliphatic carbocycles. The average Bonchev–Trinajstić information content (AvgIpc) is 3.15. The maximum absolute atomic E-state index is 11.8. The molecule has 0 fully saturated rings. The first kappa shape index (κ1) is 17.4. The molecule has 1 aliphatic rings. The summed E-state index contributed by atoms with van der Waals surface area (Å²) < 4.78 is 0. The molecule has 0 radical (unpaired) electrons. The van der Waals surface area contributed by atoms with Crippen LogP contribution in [0.5, 0.6) is 0 Å². The third-order valence-electron chi connectivity index (χ3n) is 5.74. The lowest BCUT2D eigenvalue weighted by atomic mass is 9.88. The molecule has 0 spiro atoms. The number of carboxylic acids is 1. The number of carbonyl (C=O) groups is 1. The molecule has 0 saturated carbocycles. The molecule has 1 N–H and O–H groups in total. The van der Waals surface area contributed by atoms with Gasteiger partial charge in [-0.3, -0.25) is 0 Å². The summed E-state index contributed by atoms with van der Waals surface area (Å²) in [5.41, 5.74) is 9.78. The van der Waals surface area contributed by atoms with Crippen molar-refractivity contribution in [2.75, 3.05) is 0 Å². The largest absolute Gasteiger partial charge is 0.478 e. The van der Waals surface area contributed by atoms with Crippen molar-refractivity contribution in [2.24, 2.45) is 0 Å². The maximum Gasteiger partial charge on any atom is 0.336 e. The monoisotopic (exact) mass is 376 g/mol. The Morgan fingerprint density at radius 1 is 0.724 bits per heavy atom. The van der Waals surface area contributed by atoms with E-state index in [2.05, 4.69) is 60.7 Å². The van der Waals surface area contributed by atoms with Gasteiger partial charge in [0.2, 0.25) is 0 Å². The van der Waals surface area contributed by atoms with Gasteiger partial charge in [-0.1, -0.05) is 84.9 Å². The van der Waals surface area contributed by atoms with E-state index in [0.29, 0.717) is 5.56 Å². The second-order valence-corrected chi connectivity index (χ2v) is 7.47. The van der Waals surface area contributed by atoms with E-state index < -0.39 is 5.97 Å². The SMILES string of the molecule is O=C(O)c1ccccc1-c1ccc(Cc2ccccc2)c2c1Cc1ccccc1-2. The van der Waals surface area contributed by atoms with Crippen molar-refractivity contribution < 1.29 is 9.90 Å². The predicted octanol–water partition coefficient (Wildman–Crippen LogP) is 6.21. The molecule has 0 aromatic heterocycles. The fourth-order valence-corrected chi connectivity index (χ4v) is 4.44. The third-order valence-corrected chi connectivity index (χ3v) is 5.74. The number of benzene rings is 4. The molecular formula is C27H20O2. The third kappa shape index (κ3) is 3.03. The molecule has 2 heteroatoms. The molecule has 0 aliphatic heterocycles. The van der Waals surface area contributed by atoms with E-state index in [9.17, 15) is 9.90 Å². The lowest BCUT2D eigenvalue weighted by molar-refractivity contribution is 0.0697. The van der Waals surface area contributed by atoms with E-state index >= 15 is 0 Å². The van der Waals surface area contributed by atoms with Crippen LogP contribution in [-0.4, -0.2) is 11.1 Å². The van der Waals surface area contributed by atoms with Gasteiger partial charge < -0.3 is 5.11 Å². The molecular weight excluding hydrogens is 356 g/mol. The molecule has 0 unspecified atom stereocenters. The summed E-state index contributed by atoms with van der Waals surface area (Å²) in [7, 11) is 0. The normalized spacial score (nSPS) is 11.7. The number of fused-ring (bicyclic) bond motifs is 3. The first-order valence-electron chi connectivity index (χ1n) is 9.82. The highest BCUT2D eigenvalue weighted by molar-refractivity contribution is 5.98. The summed E-state index contributed by atoms with van der Waals surface area (Å²) in [6.45, 7) is 0. The zero-order chi connectivity index (χ0) is 19.8. The Hall–Kier alpha value is -3.65. The van der Waals surface area contributed by atoms with Gasteiger partial charge in [0.25, 0.3) is 0 Å². The van der Waals surface area contributed by atoms with Gasteiger partial charge in [-0.05, 0) is 63.4 Å². The van der Waals surface area contributed by atoms with E-state index in [1.807, 2.05) is 18.2 Å². The number of aromatic carboxylic acids is 1. The molecule has 2 nitrogen and oxygen atoms in total. The minimum Gasteiger partial charge on any atom is -0.478 e. The maximum atomic E-state index is 11.8. The summed E-state index contributed by atoms with van der Waals surface area (Å²) in [6, 6.07) is 30.6. The van der Waals surface area contributed by atoms with Crippen molar-refractivity contribution in [2.45, 2.75) is 12.8 Å². The van der Waals surface area contributed by atoms with Crippen LogP contribution in [0.25, 0.3) is 22.3 Å². The first-order valence-corrected chi connectivity index (χ1v) is 9.82. The van der Waals surface area contributed by atoms with Gasteiger partial charge in [0.05, 0.1) is 5.56 Å². The van der Waals surface area contributed by atoms with Crippen LogP contribution >= 0.6 is 0 Å². The van der Waals surface area contributed by atoms with Crippen LogP contribution in [0.1, 0.15) is 32.6 Å². The van der Waals surface area contributed by atoms with Crippen molar-refractivity contribution >= 4 is 5.97 Å². The first-order chi connectivity index (χ1) is 14.2. The van der Waals surface area contributed by atoms with Gasteiger partial charge in [0, 0.05) is 0 Å². The van der Waals surface area contributed by atoms with Gasteiger partial charge in [0.1, 0.15) is 0 Å². The summed E-state index contributed by atoms with van der Waals surface area (Å²) in [4.78, 5) is 11.8. The highest BCUT2D eigenvalue weighted by Crippen LogP contribution is 2.44. The van der Waals surface area contributed by atoms with Crippen LogP contribution in [-0.2, 0) is 12.8 Å². The molecule has 0 atom stereocenters. The summed E-state index contributed by atoms with van der Waals surface area (Å²) in [5, 5.41) is 9.70. The van der Waals surface area contributed by atoms with E-state index in [0.717, 1.165) is 24.0 Å². The minimum absolute atomic E-state index is 0.349. The van der Waals surface area contributed by atoms with E-state index in [4.69, 9.17) is 0 Å². The lowest BCUT2D eigenvalue weighted by Crippen LogP contribution is -2.02. The molecule has 0 bridgehead atoms. The molecule has 140 valence electrons. The number of rotatable bonds is 4. The van der Waals surface area contributed by atoms with Crippen LogP contribution in [0, 0.1) is 0 Å². The quantitative estimate of drug-likeness (QED) is 0.405. The van der Waals surface area contributed by atoms with Gasteiger partial charge in [-0.15, -0.1) is 0 Å². The topological polar surface area (TPSA) is 37.3 Å². The zero-order valence-corrected chi connectivity index (χ0v) is 15.9. The van der Waals surface area contributed by atoms with Crippen LogP contribution in [0.15, 0.2) is 91.0 Å². The predicted molar refractivity (Wildman–Crippen MR) is 116 cm³/mol. The fourth-order valence-electron chi connectivity index (χ4n) is 4.44. The van der Waals surface area contributed by atoms with E-state index in [1.54, 1.807) is 12.1 Å². The van der Waals surface area contributed by atoms with Crippen molar-refractivity contribution in [3.63, 3.8) is 0 Å². The van der Waals surface area contributed by atoms with Crippen LogP contribution < -0.4 is 0 Å². The number of hydrogen-bond donors (Lipinski definition) is 1. The molecule has 4 aromatic rings. The molecule has 29 heavy (non-hydrogen) atoms. The smallest absolute Gasteiger partial charge is 0.336 e. The Kier molecular flexibility index (Phi) is 4.25. The Morgan fingerprint density at radius 3 is 2.21 bits per heavy atom. The van der Waals surface area contributed by atoms with Crippen molar-refractivity contribution in [1.82, 2.24) is 0 Å². The van der Waals surface area contributed by atoms with Crippen LogP contribution in [0.4, 0.5) is 0 Å². The summed E-state index contributed by atoms with van der Waals surface area (Å²) >= 11 is 0. The molecule has 4 aromatic carbocycles. The standard InChI is InChI=1S/C27H20O2/c28-27(29)24-13-7-6-12-22(24)23-15-14-20(16-18-8-2-1-3-9-18)26-21-11-5-4-10-19(21)17-25(23)26/h1-15H,16-17H2,(H,28,29). The van der Waals surface area contributed by atoms with E-state index in [1.165, 1.54) is 33.4 Å². The van der Waals surface area contributed by atoms with E-state index in [-0.39, 0.29) is 0 Å². The number of hydrogen-bond acceptors (Lipinski definition) is 1. The summed E-state index contributed by atoms with van der Waals surface area (Å²) in [6.07, 6.45) is 1.69. The Morgan fingerprint density at radius 2 is 1.41 bits per heavy atom.